The van der Waals surface area contributed by atoms with Crippen LogP contribution in [0.1, 0.15) is 37.4 Å². The number of sulfonamides is 1. The summed E-state index contributed by atoms with van der Waals surface area (Å²) in [5, 5.41) is 0. The van der Waals surface area contributed by atoms with Gasteiger partial charge in [0.2, 0.25) is 10.0 Å². The first kappa shape index (κ1) is 19.3. The highest BCUT2D eigenvalue weighted by atomic mass is 32.2. The second-order valence-corrected chi connectivity index (χ2v) is 7.53. The van der Waals surface area contributed by atoms with Crippen LogP contribution in [0, 0.1) is 0 Å². The predicted octanol–water partition coefficient (Wildman–Crippen LogP) is 3.70. The lowest BCUT2D eigenvalue weighted by atomic mass is 10.0. The van der Waals surface area contributed by atoms with Gasteiger partial charge in [-0.05, 0) is 36.6 Å². The minimum atomic E-state index is -3.73. The zero-order valence-corrected chi connectivity index (χ0v) is 15.9. The van der Waals surface area contributed by atoms with E-state index >= 15 is 0 Å². The summed E-state index contributed by atoms with van der Waals surface area (Å²) in [6, 6.07) is 12.3. The minimum absolute atomic E-state index is 0.0882. The maximum absolute atomic E-state index is 12.7. The molecule has 0 aliphatic heterocycles. The molecule has 0 fully saturated rings. The van der Waals surface area contributed by atoms with Gasteiger partial charge in [-0.1, -0.05) is 37.6 Å². The summed E-state index contributed by atoms with van der Waals surface area (Å²) in [6.45, 7) is 3.95. The molecule has 2 aromatic carbocycles. The van der Waals surface area contributed by atoms with Crippen LogP contribution in [0.5, 0.6) is 11.5 Å². The van der Waals surface area contributed by atoms with Crippen molar-refractivity contribution in [2.75, 3.05) is 14.2 Å². The zero-order valence-electron chi connectivity index (χ0n) is 15.1. The van der Waals surface area contributed by atoms with Crippen molar-refractivity contribution < 1.29 is 17.9 Å². The van der Waals surface area contributed by atoms with Crippen LogP contribution in [-0.2, 0) is 16.4 Å². The molecule has 6 heteroatoms. The lowest BCUT2D eigenvalue weighted by molar-refractivity contribution is 0.385. The summed E-state index contributed by atoms with van der Waals surface area (Å²) >= 11 is 0. The van der Waals surface area contributed by atoms with Gasteiger partial charge in [0.15, 0.2) is 0 Å². The molecule has 5 nitrogen and oxygen atoms in total. The van der Waals surface area contributed by atoms with Crippen LogP contribution in [0.2, 0.25) is 0 Å². The first-order valence-electron chi connectivity index (χ1n) is 8.24. The summed E-state index contributed by atoms with van der Waals surface area (Å²) in [6.07, 6.45) is 2.10. The van der Waals surface area contributed by atoms with Gasteiger partial charge in [0.25, 0.3) is 0 Å². The van der Waals surface area contributed by atoms with Gasteiger partial charge in [0.1, 0.15) is 16.4 Å². The lowest BCUT2D eigenvalue weighted by Gasteiger charge is -2.17. The Balaban J connectivity index is 2.22. The molecule has 25 heavy (non-hydrogen) atoms. The Morgan fingerprint density at radius 2 is 1.72 bits per heavy atom. The van der Waals surface area contributed by atoms with Crippen molar-refractivity contribution in [2.24, 2.45) is 0 Å². The molecule has 2 rings (SSSR count). The third-order valence-electron chi connectivity index (χ3n) is 4.01. The van der Waals surface area contributed by atoms with E-state index in [1.54, 1.807) is 12.1 Å². The third-order valence-corrected chi connectivity index (χ3v) is 5.59. The van der Waals surface area contributed by atoms with E-state index in [9.17, 15) is 8.42 Å². The second-order valence-electron chi connectivity index (χ2n) is 5.85. The topological polar surface area (TPSA) is 64.6 Å². The molecule has 136 valence electrons. The van der Waals surface area contributed by atoms with Crippen molar-refractivity contribution in [3.05, 3.63) is 53.6 Å². The fourth-order valence-electron chi connectivity index (χ4n) is 2.62. The highest BCUT2D eigenvalue weighted by Crippen LogP contribution is 2.29. The molecular weight excluding hydrogens is 338 g/mol. The molecule has 0 spiro atoms. The third kappa shape index (κ3) is 4.74. The van der Waals surface area contributed by atoms with E-state index in [0.717, 1.165) is 18.4 Å². The van der Waals surface area contributed by atoms with Crippen molar-refractivity contribution in [3.8, 4) is 11.5 Å². The van der Waals surface area contributed by atoms with Crippen LogP contribution in [0.15, 0.2) is 47.4 Å². The predicted molar refractivity (Wildman–Crippen MR) is 98.7 cm³/mol. The Kier molecular flexibility index (Phi) is 6.45. The second kappa shape index (κ2) is 8.36. The maximum atomic E-state index is 12.7. The van der Waals surface area contributed by atoms with Crippen LogP contribution < -0.4 is 14.2 Å². The molecule has 0 aromatic heterocycles. The number of rotatable bonds is 8. The Hall–Kier alpha value is -2.05. The van der Waals surface area contributed by atoms with Gasteiger partial charge in [-0.2, -0.15) is 0 Å². The van der Waals surface area contributed by atoms with E-state index in [1.165, 1.54) is 25.8 Å². The molecule has 0 amide bonds. The highest BCUT2D eigenvalue weighted by molar-refractivity contribution is 7.89. The number of ether oxygens (including phenoxy) is 2. The van der Waals surface area contributed by atoms with E-state index in [0.29, 0.717) is 5.75 Å². The fraction of sp³-hybridized carbons (Fsp3) is 0.368. The summed E-state index contributed by atoms with van der Waals surface area (Å²) in [7, 11) is -0.773. The van der Waals surface area contributed by atoms with E-state index in [2.05, 4.69) is 11.6 Å². The summed E-state index contributed by atoms with van der Waals surface area (Å²) in [4.78, 5) is 0.0882. The van der Waals surface area contributed by atoms with Crippen molar-refractivity contribution in [2.45, 2.75) is 37.6 Å². The normalized spacial score (nSPS) is 12.6. The van der Waals surface area contributed by atoms with Crippen molar-refractivity contribution >= 4 is 10.0 Å². The Bertz CT molecular complexity index is 801. The van der Waals surface area contributed by atoms with Crippen molar-refractivity contribution in [1.29, 1.82) is 0 Å². The molecule has 0 heterocycles. The number of hydrogen-bond donors (Lipinski definition) is 1. The molecule has 1 unspecified atom stereocenters. The molecule has 0 saturated carbocycles. The van der Waals surface area contributed by atoms with Crippen molar-refractivity contribution in [1.82, 2.24) is 4.72 Å². The Morgan fingerprint density at radius 1 is 1.04 bits per heavy atom. The number of aryl methyl sites for hydroxylation is 1. The van der Waals surface area contributed by atoms with Gasteiger partial charge in [-0.3, -0.25) is 0 Å². The molecule has 1 atom stereocenters. The summed E-state index contributed by atoms with van der Waals surface area (Å²) < 4.78 is 38.5. The average Bonchev–Trinajstić information content (AvgIpc) is 2.61. The van der Waals surface area contributed by atoms with E-state index in [1.807, 2.05) is 31.2 Å². The largest absolute Gasteiger partial charge is 0.497 e. The smallest absolute Gasteiger partial charge is 0.244 e. The van der Waals surface area contributed by atoms with Gasteiger partial charge >= 0.3 is 0 Å². The number of benzene rings is 2. The molecule has 0 radical (unpaired) electrons. The first-order valence-corrected chi connectivity index (χ1v) is 9.72. The fourth-order valence-corrected chi connectivity index (χ4v) is 4.01. The van der Waals surface area contributed by atoms with E-state index in [-0.39, 0.29) is 16.7 Å². The van der Waals surface area contributed by atoms with Crippen molar-refractivity contribution in [3.63, 3.8) is 0 Å². The van der Waals surface area contributed by atoms with Gasteiger partial charge in [0, 0.05) is 12.1 Å². The molecule has 0 bridgehead atoms. The van der Waals surface area contributed by atoms with Crippen LogP contribution >= 0.6 is 0 Å². The van der Waals surface area contributed by atoms with Crippen LogP contribution in [0.3, 0.4) is 0 Å². The first-order chi connectivity index (χ1) is 11.9. The lowest BCUT2D eigenvalue weighted by Crippen LogP contribution is -2.27. The van der Waals surface area contributed by atoms with Crippen LogP contribution in [0.25, 0.3) is 0 Å². The van der Waals surface area contributed by atoms with Gasteiger partial charge in [0.05, 0.1) is 14.2 Å². The van der Waals surface area contributed by atoms with Gasteiger partial charge in [-0.25, -0.2) is 13.1 Å². The quantitative estimate of drug-likeness (QED) is 0.777. The average molecular weight is 363 g/mol. The molecule has 2 aromatic rings. The minimum Gasteiger partial charge on any atom is -0.497 e. The Morgan fingerprint density at radius 3 is 2.28 bits per heavy atom. The SMILES string of the molecule is CCCc1ccc(C(C)NS(=O)(=O)c2ccc(OC)cc2OC)cc1. The Labute approximate surface area is 150 Å². The molecule has 0 aliphatic carbocycles. The maximum Gasteiger partial charge on any atom is 0.244 e. The highest BCUT2D eigenvalue weighted by Gasteiger charge is 2.23. The molecule has 0 aliphatic rings. The summed E-state index contributed by atoms with van der Waals surface area (Å²) in [5.74, 6) is 0.785. The number of methoxy groups -OCH3 is 2. The summed E-state index contributed by atoms with van der Waals surface area (Å²) in [5.41, 5.74) is 2.16. The van der Waals surface area contributed by atoms with Crippen LogP contribution in [-0.4, -0.2) is 22.6 Å². The van der Waals surface area contributed by atoms with E-state index < -0.39 is 10.0 Å². The van der Waals surface area contributed by atoms with Gasteiger partial charge in [-0.15, -0.1) is 0 Å². The molecular formula is C19H25NO4S. The standard InChI is InChI=1S/C19H25NO4S/c1-5-6-15-7-9-16(10-8-15)14(2)20-25(21,22)19-12-11-17(23-3)13-18(19)24-4/h7-14,20H,5-6H2,1-4H3. The molecule has 0 saturated heterocycles. The molecule has 1 N–H and O–H groups in total. The van der Waals surface area contributed by atoms with E-state index in [4.69, 9.17) is 9.47 Å². The number of hydrogen-bond acceptors (Lipinski definition) is 4. The number of nitrogens with one attached hydrogen (secondary N) is 1. The van der Waals surface area contributed by atoms with Crippen LogP contribution in [0.4, 0.5) is 0 Å². The zero-order chi connectivity index (χ0) is 18.4. The van der Waals surface area contributed by atoms with Gasteiger partial charge < -0.3 is 9.47 Å². The monoisotopic (exact) mass is 363 g/mol.